The molecular formula is C25H31F2N3O2. The van der Waals surface area contributed by atoms with Crippen molar-refractivity contribution in [2.75, 3.05) is 39.3 Å². The van der Waals surface area contributed by atoms with E-state index in [4.69, 9.17) is 0 Å². The molecule has 1 amide bonds. The quantitative estimate of drug-likeness (QED) is 0.691. The summed E-state index contributed by atoms with van der Waals surface area (Å²) in [6.07, 6.45) is 0.221. The van der Waals surface area contributed by atoms with Crippen molar-refractivity contribution in [2.45, 2.75) is 36.8 Å². The summed E-state index contributed by atoms with van der Waals surface area (Å²) in [6.45, 7) is 2.13. The van der Waals surface area contributed by atoms with E-state index in [2.05, 4.69) is 5.32 Å². The van der Waals surface area contributed by atoms with Crippen molar-refractivity contribution < 1.29 is 18.7 Å². The Bertz CT molecular complexity index is 847. The van der Waals surface area contributed by atoms with Crippen LogP contribution >= 0.6 is 0 Å². The number of nitrogens with zero attached hydrogens (tertiary/aromatic N) is 2. The molecule has 7 heteroatoms. The van der Waals surface area contributed by atoms with Crippen molar-refractivity contribution in [3.63, 3.8) is 0 Å². The van der Waals surface area contributed by atoms with Crippen LogP contribution in [0.15, 0.2) is 60.7 Å². The van der Waals surface area contributed by atoms with Gasteiger partial charge in [-0.05, 0) is 17.5 Å². The van der Waals surface area contributed by atoms with E-state index < -0.39 is 11.5 Å². The van der Waals surface area contributed by atoms with Gasteiger partial charge in [-0.25, -0.2) is 8.78 Å². The molecule has 4 rings (SSSR count). The van der Waals surface area contributed by atoms with Crippen molar-refractivity contribution >= 4 is 5.91 Å². The van der Waals surface area contributed by atoms with Gasteiger partial charge in [0.05, 0.1) is 18.2 Å². The summed E-state index contributed by atoms with van der Waals surface area (Å²) in [6, 6.07) is 19.4. The minimum absolute atomic E-state index is 0.107. The third-order valence-corrected chi connectivity index (χ3v) is 6.46. The molecule has 0 spiro atoms. The van der Waals surface area contributed by atoms with Gasteiger partial charge >= 0.3 is 0 Å². The van der Waals surface area contributed by atoms with Gasteiger partial charge in [-0.2, -0.15) is 0 Å². The number of benzene rings is 2. The molecule has 0 aromatic heterocycles. The molecule has 0 saturated carbocycles. The van der Waals surface area contributed by atoms with Crippen molar-refractivity contribution in [3.05, 3.63) is 71.8 Å². The second kappa shape index (κ2) is 9.65. The molecule has 2 N–H and O–H groups in total. The zero-order chi connectivity index (χ0) is 22.6. The SMILES string of the molecule is O=C(CN1CCC(O)(CN2CCC(F)(F)CC2)C1)NC(c1ccccc1)c1ccccc1. The summed E-state index contributed by atoms with van der Waals surface area (Å²) in [5.74, 6) is -2.70. The number of hydrogen-bond donors (Lipinski definition) is 2. The van der Waals surface area contributed by atoms with Gasteiger partial charge in [-0.1, -0.05) is 60.7 Å². The second-order valence-electron chi connectivity index (χ2n) is 9.14. The number of rotatable bonds is 7. The molecule has 2 fully saturated rings. The molecule has 2 saturated heterocycles. The normalized spacial score (nSPS) is 24.0. The third-order valence-electron chi connectivity index (χ3n) is 6.46. The zero-order valence-electron chi connectivity index (χ0n) is 18.2. The van der Waals surface area contributed by atoms with Crippen molar-refractivity contribution in [1.29, 1.82) is 0 Å². The fourth-order valence-corrected chi connectivity index (χ4v) is 4.72. The summed E-state index contributed by atoms with van der Waals surface area (Å²) in [7, 11) is 0. The minimum atomic E-state index is -2.59. The highest BCUT2D eigenvalue weighted by molar-refractivity contribution is 5.79. The van der Waals surface area contributed by atoms with Gasteiger partial charge in [-0.3, -0.25) is 14.6 Å². The highest BCUT2D eigenvalue weighted by Gasteiger charge is 2.41. The Morgan fingerprint density at radius 3 is 2.00 bits per heavy atom. The summed E-state index contributed by atoms with van der Waals surface area (Å²) >= 11 is 0. The van der Waals surface area contributed by atoms with Crippen LogP contribution in [-0.2, 0) is 4.79 Å². The van der Waals surface area contributed by atoms with Gasteiger partial charge in [0.25, 0.3) is 5.92 Å². The van der Waals surface area contributed by atoms with Crippen LogP contribution < -0.4 is 5.32 Å². The molecule has 1 atom stereocenters. The Labute approximate surface area is 188 Å². The monoisotopic (exact) mass is 443 g/mol. The molecule has 2 aromatic carbocycles. The Morgan fingerprint density at radius 2 is 1.44 bits per heavy atom. The van der Waals surface area contributed by atoms with Crippen molar-refractivity contribution in [2.24, 2.45) is 0 Å². The Morgan fingerprint density at radius 1 is 0.906 bits per heavy atom. The van der Waals surface area contributed by atoms with Gasteiger partial charge in [0.15, 0.2) is 0 Å². The molecule has 5 nitrogen and oxygen atoms in total. The molecule has 0 aliphatic carbocycles. The predicted molar refractivity (Wildman–Crippen MR) is 119 cm³/mol. The first kappa shape index (κ1) is 22.8. The molecule has 2 aromatic rings. The Hall–Kier alpha value is -2.35. The minimum Gasteiger partial charge on any atom is -0.387 e. The largest absolute Gasteiger partial charge is 0.387 e. The number of aliphatic hydroxyl groups is 1. The highest BCUT2D eigenvalue weighted by atomic mass is 19.3. The number of alkyl halides is 2. The predicted octanol–water partition coefficient (Wildman–Crippen LogP) is 3.06. The van der Waals surface area contributed by atoms with Crippen LogP contribution in [-0.4, -0.2) is 71.6 Å². The van der Waals surface area contributed by atoms with Crippen LogP contribution in [0.5, 0.6) is 0 Å². The zero-order valence-corrected chi connectivity index (χ0v) is 18.2. The van der Waals surface area contributed by atoms with Gasteiger partial charge in [0.2, 0.25) is 5.91 Å². The summed E-state index contributed by atoms with van der Waals surface area (Å²) < 4.78 is 26.8. The van der Waals surface area contributed by atoms with E-state index in [9.17, 15) is 18.7 Å². The fourth-order valence-electron chi connectivity index (χ4n) is 4.72. The molecule has 32 heavy (non-hydrogen) atoms. The molecule has 2 heterocycles. The smallest absolute Gasteiger partial charge is 0.250 e. The van der Waals surface area contributed by atoms with Crippen molar-refractivity contribution in [1.82, 2.24) is 15.1 Å². The van der Waals surface area contributed by atoms with E-state index in [0.717, 1.165) is 11.1 Å². The van der Waals surface area contributed by atoms with Gasteiger partial charge in [-0.15, -0.1) is 0 Å². The van der Waals surface area contributed by atoms with E-state index in [1.54, 1.807) is 0 Å². The lowest BCUT2D eigenvalue weighted by molar-refractivity contribution is -0.122. The van der Waals surface area contributed by atoms with E-state index in [1.807, 2.05) is 70.5 Å². The number of amides is 1. The summed E-state index contributed by atoms with van der Waals surface area (Å²) in [5.41, 5.74) is 1.05. The standard InChI is InChI=1S/C25H31F2N3O2/c26-25(27)12-15-29(16-13-25)18-24(32)11-14-30(19-24)17-22(31)28-23(20-7-3-1-4-8-20)21-9-5-2-6-10-21/h1-10,23,32H,11-19H2,(H,28,31). The molecule has 1 unspecified atom stereocenters. The van der Waals surface area contributed by atoms with Gasteiger partial charge in [0, 0.05) is 45.6 Å². The van der Waals surface area contributed by atoms with E-state index in [1.165, 1.54) is 0 Å². The summed E-state index contributed by atoms with van der Waals surface area (Å²) in [5, 5.41) is 14.1. The van der Waals surface area contributed by atoms with Crippen LogP contribution in [0.25, 0.3) is 0 Å². The number of carbonyl (C=O) groups is 1. The van der Waals surface area contributed by atoms with Gasteiger partial charge < -0.3 is 10.4 Å². The molecule has 2 aliphatic heterocycles. The van der Waals surface area contributed by atoms with E-state index in [-0.39, 0.29) is 31.3 Å². The van der Waals surface area contributed by atoms with Crippen LogP contribution in [0.4, 0.5) is 8.78 Å². The molecular weight excluding hydrogens is 412 g/mol. The number of likely N-dealkylation sites (tertiary alicyclic amines) is 2. The van der Waals surface area contributed by atoms with Crippen molar-refractivity contribution in [3.8, 4) is 0 Å². The number of piperidine rings is 1. The van der Waals surface area contributed by atoms with Crippen LogP contribution in [0.2, 0.25) is 0 Å². The third kappa shape index (κ3) is 5.91. The first-order chi connectivity index (χ1) is 15.3. The van der Waals surface area contributed by atoms with Crippen LogP contribution in [0.1, 0.15) is 36.4 Å². The molecule has 0 bridgehead atoms. The molecule has 2 aliphatic rings. The first-order valence-corrected chi connectivity index (χ1v) is 11.3. The summed E-state index contributed by atoms with van der Waals surface area (Å²) in [4.78, 5) is 16.8. The Balaban J connectivity index is 1.33. The first-order valence-electron chi connectivity index (χ1n) is 11.3. The molecule has 0 radical (unpaired) electrons. The number of β-amino-alcohol motifs (C(OH)–C–C–N with tert-alkyl or cyclic N) is 1. The number of nitrogens with one attached hydrogen (secondary N) is 1. The number of hydrogen-bond acceptors (Lipinski definition) is 4. The van der Waals surface area contributed by atoms with Gasteiger partial charge in [0.1, 0.15) is 0 Å². The van der Waals surface area contributed by atoms with Crippen LogP contribution in [0.3, 0.4) is 0 Å². The second-order valence-corrected chi connectivity index (χ2v) is 9.14. The van der Waals surface area contributed by atoms with E-state index >= 15 is 0 Å². The fraction of sp³-hybridized carbons (Fsp3) is 0.480. The number of carbonyl (C=O) groups excluding carboxylic acids is 1. The lowest BCUT2D eigenvalue weighted by atomic mass is 9.98. The lowest BCUT2D eigenvalue weighted by Crippen LogP contribution is -2.49. The Kier molecular flexibility index (Phi) is 6.88. The molecule has 172 valence electrons. The van der Waals surface area contributed by atoms with Crippen LogP contribution in [0, 0.1) is 0 Å². The lowest BCUT2D eigenvalue weighted by Gasteiger charge is -2.36. The average molecular weight is 444 g/mol. The maximum atomic E-state index is 13.4. The average Bonchev–Trinajstić information content (AvgIpc) is 3.15. The highest BCUT2D eigenvalue weighted by Crippen LogP contribution is 2.30. The maximum Gasteiger partial charge on any atom is 0.250 e. The van der Waals surface area contributed by atoms with E-state index in [0.29, 0.717) is 39.1 Å². The topological polar surface area (TPSA) is 55.8 Å². The maximum absolute atomic E-state index is 13.4. The number of halogens is 2.